The van der Waals surface area contributed by atoms with E-state index in [9.17, 15) is 0 Å². The third-order valence-corrected chi connectivity index (χ3v) is 3.43. The summed E-state index contributed by atoms with van der Waals surface area (Å²) in [6, 6.07) is 5.83. The molecule has 2 aromatic rings. The van der Waals surface area contributed by atoms with Crippen molar-refractivity contribution >= 4 is 27.5 Å². The molecule has 0 atom stereocenters. The standard InChI is InChI=1S/C12H13BrClN3/c13-12-5-10(14)2-1-9(12)6-15-4-3-11-7-16-8-17-11/h1-2,5,7-8,15H,3-4,6H2,(H,16,17). The van der Waals surface area contributed by atoms with Crippen LogP contribution in [-0.4, -0.2) is 16.5 Å². The summed E-state index contributed by atoms with van der Waals surface area (Å²) >= 11 is 9.38. The zero-order valence-corrected chi connectivity index (χ0v) is 11.6. The van der Waals surface area contributed by atoms with E-state index in [0.29, 0.717) is 0 Å². The SMILES string of the molecule is Clc1ccc(CNCCc2cnc[nH]2)c(Br)c1. The van der Waals surface area contributed by atoms with Gasteiger partial charge in [0, 0.05) is 40.9 Å². The fraction of sp³-hybridized carbons (Fsp3) is 0.250. The molecule has 0 aliphatic heterocycles. The molecule has 0 saturated heterocycles. The Morgan fingerprint density at radius 3 is 3.00 bits per heavy atom. The average Bonchev–Trinajstić information content (AvgIpc) is 2.79. The lowest BCUT2D eigenvalue weighted by molar-refractivity contribution is 0.680. The van der Waals surface area contributed by atoms with Crippen LogP contribution >= 0.6 is 27.5 Å². The van der Waals surface area contributed by atoms with Crippen molar-refractivity contribution in [2.24, 2.45) is 0 Å². The average molecular weight is 315 g/mol. The first kappa shape index (κ1) is 12.6. The first-order valence-electron chi connectivity index (χ1n) is 5.37. The van der Waals surface area contributed by atoms with Crippen molar-refractivity contribution in [1.29, 1.82) is 0 Å². The van der Waals surface area contributed by atoms with Crippen LogP contribution in [0.15, 0.2) is 35.2 Å². The van der Waals surface area contributed by atoms with Crippen LogP contribution in [0.1, 0.15) is 11.3 Å². The molecule has 2 N–H and O–H groups in total. The lowest BCUT2D eigenvalue weighted by Crippen LogP contribution is -2.17. The molecule has 5 heteroatoms. The first-order chi connectivity index (χ1) is 8.25. The number of imidazole rings is 1. The van der Waals surface area contributed by atoms with E-state index in [4.69, 9.17) is 11.6 Å². The van der Waals surface area contributed by atoms with Crippen molar-refractivity contribution < 1.29 is 0 Å². The van der Waals surface area contributed by atoms with Crippen LogP contribution in [0.2, 0.25) is 5.02 Å². The molecule has 0 unspecified atom stereocenters. The van der Waals surface area contributed by atoms with Crippen LogP contribution in [0, 0.1) is 0 Å². The van der Waals surface area contributed by atoms with Crippen LogP contribution in [0.25, 0.3) is 0 Å². The van der Waals surface area contributed by atoms with Crippen LogP contribution in [0.3, 0.4) is 0 Å². The Morgan fingerprint density at radius 2 is 2.29 bits per heavy atom. The molecule has 17 heavy (non-hydrogen) atoms. The quantitative estimate of drug-likeness (QED) is 0.832. The maximum absolute atomic E-state index is 5.88. The summed E-state index contributed by atoms with van der Waals surface area (Å²) in [5, 5.41) is 4.13. The molecule has 0 bridgehead atoms. The molecule has 0 aliphatic rings. The van der Waals surface area contributed by atoms with E-state index in [1.54, 1.807) is 6.33 Å². The molecule has 0 saturated carbocycles. The predicted octanol–water partition coefficient (Wildman–Crippen LogP) is 3.16. The maximum Gasteiger partial charge on any atom is 0.0921 e. The van der Waals surface area contributed by atoms with Crippen molar-refractivity contribution in [3.63, 3.8) is 0 Å². The Morgan fingerprint density at radius 1 is 1.41 bits per heavy atom. The normalized spacial score (nSPS) is 10.7. The number of halogens is 2. The van der Waals surface area contributed by atoms with Gasteiger partial charge in [0.2, 0.25) is 0 Å². The Kier molecular flexibility index (Phi) is 4.59. The summed E-state index contributed by atoms with van der Waals surface area (Å²) in [5.41, 5.74) is 2.35. The molecule has 1 aromatic heterocycles. The topological polar surface area (TPSA) is 40.7 Å². The fourth-order valence-electron chi connectivity index (χ4n) is 1.53. The molecule has 90 valence electrons. The van der Waals surface area contributed by atoms with Gasteiger partial charge in [-0.1, -0.05) is 33.6 Å². The number of hydrogen-bond donors (Lipinski definition) is 2. The van der Waals surface area contributed by atoms with E-state index in [1.807, 2.05) is 24.4 Å². The summed E-state index contributed by atoms with van der Waals surface area (Å²) < 4.78 is 1.04. The van der Waals surface area contributed by atoms with Crippen molar-refractivity contribution in [1.82, 2.24) is 15.3 Å². The van der Waals surface area contributed by atoms with Gasteiger partial charge in [-0.15, -0.1) is 0 Å². The third-order valence-electron chi connectivity index (χ3n) is 2.46. The lowest BCUT2D eigenvalue weighted by Gasteiger charge is -2.06. The number of aromatic amines is 1. The second-order valence-electron chi connectivity index (χ2n) is 3.74. The van der Waals surface area contributed by atoms with Crippen molar-refractivity contribution in [3.05, 3.63) is 51.5 Å². The van der Waals surface area contributed by atoms with E-state index in [-0.39, 0.29) is 0 Å². The molecule has 0 radical (unpaired) electrons. The fourth-order valence-corrected chi connectivity index (χ4v) is 2.36. The summed E-state index contributed by atoms with van der Waals surface area (Å²) in [6.07, 6.45) is 4.50. The largest absolute Gasteiger partial charge is 0.348 e. The van der Waals surface area contributed by atoms with Gasteiger partial charge in [-0.25, -0.2) is 4.98 Å². The predicted molar refractivity (Wildman–Crippen MR) is 73.2 cm³/mol. The zero-order chi connectivity index (χ0) is 12.1. The second-order valence-corrected chi connectivity index (χ2v) is 5.03. The highest BCUT2D eigenvalue weighted by atomic mass is 79.9. The van der Waals surface area contributed by atoms with Crippen LogP contribution in [-0.2, 0) is 13.0 Å². The second kappa shape index (κ2) is 6.19. The highest BCUT2D eigenvalue weighted by Gasteiger charge is 2.00. The molecular formula is C12H13BrClN3. The molecule has 0 spiro atoms. The number of H-pyrrole nitrogens is 1. The first-order valence-corrected chi connectivity index (χ1v) is 6.54. The minimum absolute atomic E-state index is 0.748. The van der Waals surface area contributed by atoms with Crippen molar-refractivity contribution in [2.45, 2.75) is 13.0 Å². The summed E-state index contributed by atoms with van der Waals surface area (Å²) in [4.78, 5) is 7.05. The van der Waals surface area contributed by atoms with Gasteiger partial charge in [0.15, 0.2) is 0 Å². The van der Waals surface area contributed by atoms with Gasteiger partial charge >= 0.3 is 0 Å². The van der Waals surface area contributed by atoms with E-state index in [2.05, 4.69) is 31.2 Å². The Balaban J connectivity index is 1.78. The highest BCUT2D eigenvalue weighted by molar-refractivity contribution is 9.10. The van der Waals surface area contributed by atoms with Gasteiger partial charge in [0.1, 0.15) is 0 Å². The molecule has 3 nitrogen and oxygen atoms in total. The van der Waals surface area contributed by atoms with Gasteiger partial charge in [-0.2, -0.15) is 0 Å². The Bertz CT molecular complexity index is 471. The van der Waals surface area contributed by atoms with Gasteiger partial charge in [-0.05, 0) is 17.7 Å². The van der Waals surface area contributed by atoms with Crippen LogP contribution in [0.4, 0.5) is 0 Å². The van der Waals surface area contributed by atoms with Crippen LogP contribution < -0.4 is 5.32 Å². The molecular weight excluding hydrogens is 302 g/mol. The van der Waals surface area contributed by atoms with Crippen molar-refractivity contribution in [3.8, 4) is 0 Å². The minimum Gasteiger partial charge on any atom is -0.348 e. The Hall–Kier alpha value is -0.840. The molecule has 0 fully saturated rings. The number of hydrogen-bond acceptors (Lipinski definition) is 2. The van der Waals surface area contributed by atoms with Gasteiger partial charge in [0.25, 0.3) is 0 Å². The monoisotopic (exact) mass is 313 g/mol. The number of nitrogens with one attached hydrogen (secondary N) is 2. The summed E-state index contributed by atoms with van der Waals surface area (Å²) in [7, 11) is 0. The number of rotatable bonds is 5. The smallest absolute Gasteiger partial charge is 0.0921 e. The van der Waals surface area contributed by atoms with Crippen molar-refractivity contribution in [2.75, 3.05) is 6.54 Å². The molecule has 0 aliphatic carbocycles. The molecule has 2 rings (SSSR count). The number of nitrogens with zero attached hydrogens (tertiary/aromatic N) is 1. The maximum atomic E-state index is 5.88. The van der Waals surface area contributed by atoms with Gasteiger partial charge in [0.05, 0.1) is 6.33 Å². The minimum atomic E-state index is 0.748. The zero-order valence-electron chi connectivity index (χ0n) is 9.21. The summed E-state index contributed by atoms with van der Waals surface area (Å²) in [6.45, 7) is 1.74. The Labute approximate surface area is 114 Å². The third kappa shape index (κ3) is 3.84. The molecule has 1 aromatic carbocycles. The number of aromatic nitrogens is 2. The van der Waals surface area contributed by atoms with Crippen LogP contribution in [0.5, 0.6) is 0 Å². The highest BCUT2D eigenvalue weighted by Crippen LogP contribution is 2.21. The molecule has 0 amide bonds. The van der Waals surface area contributed by atoms with Gasteiger partial charge < -0.3 is 10.3 Å². The van der Waals surface area contributed by atoms with E-state index < -0.39 is 0 Å². The number of benzene rings is 1. The molecule has 1 heterocycles. The van der Waals surface area contributed by atoms with E-state index in [0.717, 1.165) is 34.7 Å². The van der Waals surface area contributed by atoms with Gasteiger partial charge in [-0.3, -0.25) is 0 Å². The van der Waals surface area contributed by atoms with E-state index >= 15 is 0 Å². The van der Waals surface area contributed by atoms with E-state index in [1.165, 1.54) is 5.56 Å². The summed E-state index contributed by atoms with van der Waals surface area (Å²) in [5.74, 6) is 0. The lowest BCUT2D eigenvalue weighted by atomic mass is 10.2.